The van der Waals surface area contributed by atoms with Crippen LogP contribution in [0.3, 0.4) is 0 Å². The first-order chi connectivity index (χ1) is 13.8. The molecule has 6 amide bonds. The Hall–Kier alpha value is -3.35. The summed E-state index contributed by atoms with van der Waals surface area (Å²) in [5, 5.41) is 6.46. The third-order valence-corrected chi connectivity index (χ3v) is 5.27. The highest BCUT2D eigenvalue weighted by Crippen LogP contribution is 2.24. The van der Waals surface area contributed by atoms with Crippen LogP contribution in [0.2, 0.25) is 0 Å². The summed E-state index contributed by atoms with van der Waals surface area (Å²) >= 11 is 1.22. The van der Waals surface area contributed by atoms with Crippen molar-refractivity contribution in [3.8, 4) is 0 Å². The van der Waals surface area contributed by atoms with Crippen molar-refractivity contribution < 1.29 is 24.0 Å². The molecule has 0 aromatic carbocycles. The first-order valence-corrected chi connectivity index (χ1v) is 9.60. The third-order valence-electron chi connectivity index (χ3n) is 4.47. The van der Waals surface area contributed by atoms with Gasteiger partial charge in [-0.1, -0.05) is 0 Å². The molecule has 1 fully saturated rings. The number of H-pyrrole nitrogens is 1. The zero-order valence-electron chi connectivity index (χ0n) is 15.4. The van der Waals surface area contributed by atoms with E-state index < -0.39 is 41.7 Å². The van der Waals surface area contributed by atoms with Gasteiger partial charge in [0.15, 0.2) is 0 Å². The van der Waals surface area contributed by atoms with Gasteiger partial charge < -0.3 is 21.4 Å². The fourth-order valence-electron chi connectivity index (χ4n) is 2.85. The average molecular weight is 421 g/mol. The van der Waals surface area contributed by atoms with E-state index in [9.17, 15) is 24.0 Å². The number of primary amides is 1. The second kappa shape index (κ2) is 8.34. The number of imide groups is 1. The quantitative estimate of drug-likeness (QED) is 0.421. The van der Waals surface area contributed by atoms with Gasteiger partial charge in [-0.2, -0.15) is 0 Å². The Morgan fingerprint density at radius 2 is 2.17 bits per heavy atom. The SMILES string of the molecule is CN1C(=O)C[C@@H](C(=O)N[C@H](Cc2cnc[nH]2)C(=O)N2CSC=C2C(N)=O)NC1=O. The normalized spacial score (nSPS) is 20.2. The minimum Gasteiger partial charge on any atom is -0.364 e. The number of nitrogens with one attached hydrogen (secondary N) is 3. The lowest BCUT2D eigenvalue weighted by Gasteiger charge is -2.30. The summed E-state index contributed by atoms with van der Waals surface area (Å²) in [6.07, 6.45) is 2.75. The standard InChI is InChI=1S/C16H19N7O5S/c1-22-12(24)3-9(21-16(22)28)14(26)20-10(2-8-4-18-6-19-8)15(27)23-7-29-5-11(23)13(17)25/h4-6,9-10H,2-3,7H2,1H3,(H2,17,25)(H,18,19)(H,20,26)(H,21,28)/t9-,10+/m0/s1. The van der Waals surface area contributed by atoms with Gasteiger partial charge in [-0.15, -0.1) is 11.8 Å². The smallest absolute Gasteiger partial charge is 0.324 e. The van der Waals surface area contributed by atoms with E-state index in [0.717, 1.165) is 4.90 Å². The van der Waals surface area contributed by atoms with Crippen LogP contribution in [0.5, 0.6) is 0 Å². The summed E-state index contributed by atoms with van der Waals surface area (Å²) < 4.78 is 0. The average Bonchev–Trinajstić information content (AvgIpc) is 3.36. The molecular weight excluding hydrogens is 402 g/mol. The number of aromatic nitrogens is 2. The van der Waals surface area contributed by atoms with Crippen molar-refractivity contribution in [2.24, 2.45) is 5.73 Å². The molecule has 2 aliphatic rings. The minimum atomic E-state index is -1.11. The van der Waals surface area contributed by atoms with Crippen molar-refractivity contribution >= 4 is 41.4 Å². The number of rotatable bonds is 6. The van der Waals surface area contributed by atoms with Crippen molar-refractivity contribution in [1.29, 1.82) is 0 Å². The van der Waals surface area contributed by atoms with Gasteiger partial charge in [-0.25, -0.2) is 9.78 Å². The molecule has 2 atom stereocenters. The molecule has 0 aliphatic carbocycles. The van der Waals surface area contributed by atoms with Crippen molar-refractivity contribution in [2.45, 2.75) is 24.9 Å². The lowest BCUT2D eigenvalue weighted by molar-refractivity contribution is -0.137. The Balaban J connectivity index is 1.77. The highest BCUT2D eigenvalue weighted by Gasteiger charge is 2.37. The Bertz CT molecular complexity index is 866. The van der Waals surface area contributed by atoms with Crippen molar-refractivity contribution in [3.05, 3.63) is 29.3 Å². The molecule has 5 N–H and O–H groups in total. The zero-order chi connectivity index (χ0) is 21.1. The molecule has 1 aromatic heterocycles. The van der Waals surface area contributed by atoms with Gasteiger partial charge in [-0.3, -0.25) is 29.0 Å². The van der Waals surface area contributed by atoms with E-state index >= 15 is 0 Å². The summed E-state index contributed by atoms with van der Waals surface area (Å²) in [4.78, 5) is 69.7. The van der Waals surface area contributed by atoms with E-state index in [1.54, 1.807) is 0 Å². The van der Waals surface area contributed by atoms with Crippen LogP contribution in [0.1, 0.15) is 12.1 Å². The van der Waals surface area contributed by atoms with Crippen LogP contribution in [0.15, 0.2) is 23.6 Å². The maximum absolute atomic E-state index is 13.0. The maximum Gasteiger partial charge on any atom is 0.324 e. The summed E-state index contributed by atoms with van der Waals surface area (Å²) in [5.41, 5.74) is 5.92. The highest BCUT2D eigenvalue weighted by atomic mass is 32.2. The predicted octanol–water partition coefficient (Wildman–Crippen LogP) is -1.76. The molecule has 2 aliphatic heterocycles. The molecule has 0 spiro atoms. The van der Waals surface area contributed by atoms with Crippen LogP contribution < -0.4 is 16.4 Å². The molecule has 1 aromatic rings. The van der Waals surface area contributed by atoms with Crippen molar-refractivity contribution in [1.82, 2.24) is 30.4 Å². The van der Waals surface area contributed by atoms with Gasteiger partial charge in [-0.05, 0) is 0 Å². The van der Waals surface area contributed by atoms with Gasteiger partial charge in [0.1, 0.15) is 17.8 Å². The summed E-state index contributed by atoms with van der Waals surface area (Å²) in [6, 6.07) is -2.88. The second-order valence-electron chi connectivity index (χ2n) is 6.43. The number of hydrogen-bond donors (Lipinski definition) is 4. The number of hydrogen-bond acceptors (Lipinski definition) is 7. The van der Waals surface area contributed by atoms with Crippen molar-refractivity contribution in [3.63, 3.8) is 0 Å². The van der Waals surface area contributed by atoms with Gasteiger partial charge >= 0.3 is 6.03 Å². The third kappa shape index (κ3) is 4.39. The Labute approximate surface area is 169 Å². The molecule has 1 saturated heterocycles. The van der Waals surface area contributed by atoms with Gasteiger partial charge in [0.05, 0.1) is 18.6 Å². The topological polar surface area (TPSA) is 171 Å². The number of nitrogens with two attached hydrogens (primary N) is 1. The van der Waals surface area contributed by atoms with E-state index in [2.05, 4.69) is 20.6 Å². The van der Waals surface area contributed by atoms with Gasteiger partial charge in [0, 0.05) is 30.8 Å². The molecule has 12 nitrogen and oxygen atoms in total. The number of carbonyl (C=O) groups is 5. The summed E-state index contributed by atoms with van der Waals surface area (Å²) in [5.74, 6) is -2.33. The molecule has 29 heavy (non-hydrogen) atoms. The Morgan fingerprint density at radius 1 is 1.41 bits per heavy atom. The van der Waals surface area contributed by atoms with Gasteiger partial charge in [0.25, 0.3) is 11.8 Å². The lowest BCUT2D eigenvalue weighted by Crippen LogP contribution is -2.60. The molecule has 13 heteroatoms. The van der Waals surface area contributed by atoms with Crippen LogP contribution >= 0.6 is 11.8 Å². The number of imidazole rings is 1. The van der Waals surface area contributed by atoms with Crippen LogP contribution in [0, 0.1) is 0 Å². The van der Waals surface area contributed by atoms with Gasteiger partial charge in [0.2, 0.25) is 11.8 Å². The van der Waals surface area contributed by atoms with E-state index in [1.807, 2.05) is 0 Å². The molecule has 154 valence electrons. The maximum atomic E-state index is 13.0. The molecule has 0 radical (unpaired) electrons. The number of nitrogens with zero attached hydrogens (tertiary/aromatic N) is 3. The molecule has 3 heterocycles. The number of urea groups is 1. The number of aromatic amines is 1. The Morgan fingerprint density at radius 3 is 2.79 bits per heavy atom. The first kappa shape index (κ1) is 20.4. The number of carbonyl (C=O) groups excluding carboxylic acids is 5. The lowest BCUT2D eigenvalue weighted by atomic mass is 10.1. The van der Waals surface area contributed by atoms with Crippen LogP contribution in [-0.2, 0) is 25.6 Å². The molecule has 0 bridgehead atoms. The fraction of sp³-hybridized carbons (Fsp3) is 0.375. The summed E-state index contributed by atoms with van der Waals surface area (Å²) in [7, 11) is 1.30. The molecule has 3 rings (SSSR count). The first-order valence-electron chi connectivity index (χ1n) is 8.55. The zero-order valence-corrected chi connectivity index (χ0v) is 16.2. The monoisotopic (exact) mass is 421 g/mol. The van der Waals surface area contributed by atoms with E-state index in [0.29, 0.717) is 5.69 Å². The van der Waals surface area contributed by atoms with E-state index in [1.165, 1.54) is 41.6 Å². The van der Waals surface area contributed by atoms with Crippen molar-refractivity contribution in [2.75, 3.05) is 12.9 Å². The molecule has 0 saturated carbocycles. The van der Waals surface area contributed by atoms with Crippen LogP contribution in [-0.4, -0.2) is 74.4 Å². The van der Waals surface area contributed by atoms with E-state index in [-0.39, 0.29) is 24.4 Å². The number of thioether (sulfide) groups is 1. The number of amides is 6. The summed E-state index contributed by atoms with van der Waals surface area (Å²) in [6.45, 7) is 0. The molecule has 0 unspecified atom stereocenters. The highest BCUT2D eigenvalue weighted by molar-refractivity contribution is 8.02. The fourth-order valence-corrected chi connectivity index (χ4v) is 3.75. The van der Waals surface area contributed by atoms with E-state index in [4.69, 9.17) is 5.73 Å². The largest absolute Gasteiger partial charge is 0.364 e. The second-order valence-corrected chi connectivity index (χ2v) is 7.26. The predicted molar refractivity (Wildman–Crippen MR) is 101 cm³/mol. The Kier molecular flexibility index (Phi) is 5.87. The van der Waals surface area contributed by atoms with Crippen LogP contribution in [0.25, 0.3) is 0 Å². The van der Waals surface area contributed by atoms with Crippen LogP contribution in [0.4, 0.5) is 4.79 Å². The minimum absolute atomic E-state index is 0.0339. The molecular formula is C16H19N7O5S.